The molecule has 2 heteroatoms. The van der Waals surface area contributed by atoms with Crippen LogP contribution >= 0.6 is 0 Å². The van der Waals surface area contributed by atoms with E-state index in [4.69, 9.17) is 0 Å². The summed E-state index contributed by atoms with van der Waals surface area (Å²) in [5, 5.41) is 5.14. The minimum absolute atomic E-state index is 0.513. The Morgan fingerprint density at radius 3 is 2.45 bits per heavy atom. The number of rotatable bonds is 3. The molecule has 0 radical (unpaired) electrons. The average molecular weight is 377 g/mol. The Morgan fingerprint density at radius 2 is 1.66 bits per heavy atom. The first-order valence-corrected chi connectivity index (χ1v) is 10.2. The zero-order valence-electron chi connectivity index (χ0n) is 17.1. The predicted octanol–water partition coefficient (Wildman–Crippen LogP) is 7.31. The van der Waals surface area contributed by atoms with Crippen LogP contribution in [0.4, 0.5) is 0 Å². The van der Waals surface area contributed by atoms with Crippen molar-refractivity contribution in [1.82, 2.24) is 9.55 Å². The van der Waals surface area contributed by atoms with Crippen molar-refractivity contribution in [3.05, 3.63) is 90.3 Å². The highest BCUT2D eigenvalue weighted by atomic mass is 15.0. The third-order valence-electron chi connectivity index (χ3n) is 5.64. The van der Waals surface area contributed by atoms with Gasteiger partial charge >= 0.3 is 0 Å². The summed E-state index contributed by atoms with van der Waals surface area (Å²) < 4.78 is 2.39. The lowest BCUT2D eigenvalue weighted by molar-refractivity contribution is 0.836. The quantitative estimate of drug-likeness (QED) is 0.323. The second-order valence-corrected chi connectivity index (χ2v) is 8.02. The van der Waals surface area contributed by atoms with Crippen LogP contribution in [0.5, 0.6) is 0 Å². The molecule has 0 aliphatic heterocycles. The lowest BCUT2D eigenvalue weighted by Crippen LogP contribution is -1.95. The Labute approximate surface area is 171 Å². The first kappa shape index (κ1) is 17.7. The van der Waals surface area contributed by atoms with Crippen molar-refractivity contribution in [2.45, 2.75) is 20.8 Å². The van der Waals surface area contributed by atoms with Crippen LogP contribution in [-0.2, 0) is 0 Å². The number of hydrogen-bond acceptors (Lipinski definition) is 1. The molecule has 142 valence electrons. The van der Waals surface area contributed by atoms with E-state index in [2.05, 4.69) is 103 Å². The summed E-state index contributed by atoms with van der Waals surface area (Å²) in [7, 11) is 0. The second kappa shape index (κ2) is 6.89. The molecule has 0 fully saturated rings. The molecule has 0 amide bonds. The number of benzene rings is 3. The molecule has 3 aromatic carbocycles. The van der Waals surface area contributed by atoms with Crippen LogP contribution in [0.25, 0.3) is 44.3 Å². The minimum atomic E-state index is 0.513. The van der Waals surface area contributed by atoms with E-state index in [1.807, 2.05) is 12.4 Å². The molecule has 0 aliphatic rings. The van der Waals surface area contributed by atoms with Gasteiger partial charge in [-0.2, -0.15) is 0 Å². The number of fused-ring (bicyclic) bond motifs is 5. The van der Waals surface area contributed by atoms with Gasteiger partial charge < -0.3 is 4.57 Å². The minimum Gasteiger partial charge on any atom is -0.308 e. The standard InChI is InChI=1S/C27H24N2/c1-18(2)8-11-22-19(3)9-13-25-26(22)24-12-10-20-6-4-5-7-23(20)27(24)29(25)21-14-16-28-17-15-21/h4-18H,1-3H3/b11-8-. The number of pyridine rings is 1. The molecule has 0 aliphatic carbocycles. The van der Waals surface area contributed by atoms with E-state index in [0.29, 0.717) is 5.92 Å². The summed E-state index contributed by atoms with van der Waals surface area (Å²) in [6, 6.07) is 21.8. The van der Waals surface area contributed by atoms with E-state index in [9.17, 15) is 0 Å². The average Bonchev–Trinajstić information content (AvgIpc) is 3.08. The maximum atomic E-state index is 4.23. The third kappa shape index (κ3) is 2.84. The number of hydrogen-bond donors (Lipinski definition) is 0. The highest BCUT2D eigenvalue weighted by Gasteiger charge is 2.17. The molecule has 0 unspecified atom stereocenters. The number of nitrogens with zero attached hydrogens (tertiary/aromatic N) is 2. The second-order valence-electron chi connectivity index (χ2n) is 8.02. The van der Waals surface area contributed by atoms with Gasteiger partial charge in [0.05, 0.1) is 11.0 Å². The van der Waals surface area contributed by atoms with Gasteiger partial charge in [-0.3, -0.25) is 4.98 Å². The van der Waals surface area contributed by atoms with Crippen LogP contribution in [-0.4, -0.2) is 9.55 Å². The van der Waals surface area contributed by atoms with Crippen molar-refractivity contribution in [2.75, 3.05) is 0 Å². The molecule has 5 aromatic rings. The Balaban J connectivity index is 2.03. The number of allylic oxidation sites excluding steroid dienone is 1. The molecule has 29 heavy (non-hydrogen) atoms. The summed E-state index contributed by atoms with van der Waals surface area (Å²) in [5.41, 5.74) is 6.24. The molecular weight excluding hydrogens is 352 g/mol. The summed E-state index contributed by atoms with van der Waals surface area (Å²) in [6.45, 7) is 6.65. The van der Waals surface area contributed by atoms with E-state index in [0.717, 1.165) is 5.69 Å². The van der Waals surface area contributed by atoms with Gasteiger partial charge in [0.15, 0.2) is 0 Å². The molecule has 0 saturated carbocycles. The highest BCUT2D eigenvalue weighted by molar-refractivity contribution is 6.20. The van der Waals surface area contributed by atoms with Gasteiger partial charge in [-0.15, -0.1) is 0 Å². The Kier molecular flexibility index (Phi) is 4.21. The van der Waals surface area contributed by atoms with Gasteiger partial charge in [0.2, 0.25) is 0 Å². The topological polar surface area (TPSA) is 17.8 Å². The zero-order chi connectivity index (χ0) is 20.0. The molecule has 2 aromatic heterocycles. The summed E-state index contributed by atoms with van der Waals surface area (Å²) in [6.07, 6.45) is 8.32. The smallest absolute Gasteiger partial charge is 0.0619 e. The maximum absolute atomic E-state index is 4.23. The molecule has 2 nitrogen and oxygen atoms in total. The number of aromatic nitrogens is 2. The summed E-state index contributed by atoms with van der Waals surface area (Å²) >= 11 is 0. The van der Waals surface area contributed by atoms with Crippen LogP contribution in [0.15, 0.2) is 79.1 Å². The van der Waals surface area contributed by atoms with E-state index >= 15 is 0 Å². The Hall–Kier alpha value is -3.39. The lowest BCUT2D eigenvalue weighted by atomic mass is 9.98. The third-order valence-corrected chi connectivity index (χ3v) is 5.64. The fraction of sp³-hybridized carbons (Fsp3) is 0.148. The molecular formula is C27H24N2. The zero-order valence-corrected chi connectivity index (χ0v) is 17.1. The highest BCUT2D eigenvalue weighted by Crippen LogP contribution is 2.39. The van der Waals surface area contributed by atoms with Gasteiger partial charge in [-0.25, -0.2) is 0 Å². The van der Waals surface area contributed by atoms with Gasteiger partial charge in [-0.1, -0.05) is 68.5 Å². The van der Waals surface area contributed by atoms with Crippen molar-refractivity contribution >= 4 is 38.7 Å². The summed E-state index contributed by atoms with van der Waals surface area (Å²) in [4.78, 5) is 4.23. The van der Waals surface area contributed by atoms with Crippen molar-refractivity contribution in [3.63, 3.8) is 0 Å². The Bertz CT molecular complexity index is 1370. The molecule has 0 spiro atoms. The van der Waals surface area contributed by atoms with Crippen LogP contribution in [0, 0.1) is 12.8 Å². The molecule has 0 saturated heterocycles. The SMILES string of the molecule is Cc1ccc2c(c1/C=C\C(C)C)c1ccc3ccccc3c1n2-c1ccncc1. The fourth-order valence-corrected chi connectivity index (χ4v) is 4.26. The monoisotopic (exact) mass is 376 g/mol. The molecule has 5 rings (SSSR count). The van der Waals surface area contributed by atoms with E-state index < -0.39 is 0 Å². The molecule has 0 bridgehead atoms. The van der Waals surface area contributed by atoms with Crippen LogP contribution in [0.2, 0.25) is 0 Å². The number of aryl methyl sites for hydroxylation is 1. The summed E-state index contributed by atoms with van der Waals surface area (Å²) in [5.74, 6) is 0.513. The van der Waals surface area contributed by atoms with E-state index in [1.54, 1.807) is 0 Å². The van der Waals surface area contributed by atoms with Gasteiger partial charge in [0, 0.05) is 34.2 Å². The molecule has 0 atom stereocenters. The van der Waals surface area contributed by atoms with Gasteiger partial charge in [0.1, 0.15) is 0 Å². The van der Waals surface area contributed by atoms with Crippen LogP contribution in [0.3, 0.4) is 0 Å². The normalized spacial score (nSPS) is 12.1. The van der Waals surface area contributed by atoms with Gasteiger partial charge in [-0.05, 0) is 47.6 Å². The van der Waals surface area contributed by atoms with Crippen molar-refractivity contribution in [2.24, 2.45) is 5.92 Å². The Morgan fingerprint density at radius 1 is 0.862 bits per heavy atom. The van der Waals surface area contributed by atoms with Crippen molar-refractivity contribution < 1.29 is 0 Å². The predicted molar refractivity (Wildman–Crippen MR) is 125 cm³/mol. The fourth-order valence-electron chi connectivity index (χ4n) is 4.26. The van der Waals surface area contributed by atoms with Crippen molar-refractivity contribution in [1.29, 1.82) is 0 Å². The van der Waals surface area contributed by atoms with Crippen molar-refractivity contribution in [3.8, 4) is 5.69 Å². The first-order valence-electron chi connectivity index (χ1n) is 10.2. The van der Waals surface area contributed by atoms with Crippen LogP contribution in [0.1, 0.15) is 25.0 Å². The largest absolute Gasteiger partial charge is 0.308 e. The lowest BCUT2D eigenvalue weighted by Gasteiger charge is -2.10. The van der Waals surface area contributed by atoms with E-state index in [-0.39, 0.29) is 0 Å². The molecule has 2 heterocycles. The maximum Gasteiger partial charge on any atom is 0.0619 e. The van der Waals surface area contributed by atoms with Gasteiger partial charge in [0.25, 0.3) is 0 Å². The van der Waals surface area contributed by atoms with Crippen LogP contribution < -0.4 is 0 Å². The van der Waals surface area contributed by atoms with E-state index in [1.165, 1.54) is 43.7 Å². The molecule has 0 N–H and O–H groups in total. The first-order chi connectivity index (χ1) is 14.1.